The molecule has 0 radical (unpaired) electrons. The number of amides is 1. The van der Waals surface area contributed by atoms with Gasteiger partial charge < -0.3 is 5.32 Å². The Labute approximate surface area is 160 Å². The Kier molecular flexibility index (Phi) is 4.30. The Hall–Kier alpha value is -2.95. The van der Waals surface area contributed by atoms with Gasteiger partial charge in [-0.15, -0.1) is 11.3 Å². The molecule has 0 saturated heterocycles. The monoisotopic (exact) mass is 394 g/mol. The molecule has 3 aromatic rings. The predicted molar refractivity (Wildman–Crippen MR) is 102 cm³/mol. The molecule has 1 aliphatic rings. The van der Waals surface area contributed by atoms with Crippen LogP contribution in [0, 0.1) is 11.3 Å². The van der Waals surface area contributed by atoms with Crippen LogP contribution in [-0.4, -0.2) is 14.3 Å². The zero-order valence-corrected chi connectivity index (χ0v) is 15.7. The Bertz CT molecular complexity index is 1160. The third-order valence-electron chi connectivity index (χ3n) is 4.54. The van der Waals surface area contributed by atoms with E-state index < -0.39 is 9.84 Å². The summed E-state index contributed by atoms with van der Waals surface area (Å²) >= 11 is 1.33. The minimum absolute atomic E-state index is 0.125. The molecule has 1 unspecified atom stereocenters. The van der Waals surface area contributed by atoms with Crippen LogP contribution in [0.1, 0.15) is 28.3 Å². The lowest BCUT2D eigenvalue weighted by Gasteiger charge is -2.23. The van der Waals surface area contributed by atoms with E-state index in [9.17, 15) is 13.2 Å². The van der Waals surface area contributed by atoms with Crippen LogP contribution in [0.3, 0.4) is 0 Å². The summed E-state index contributed by atoms with van der Waals surface area (Å²) in [4.78, 5) is 13.4. The van der Waals surface area contributed by atoms with E-state index >= 15 is 0 Å². The molecule has 7 heteroatoms. The number of benzene rings is 2. The molecule has 1 N–H and O–H groups in total. The van der Waals surface area contributed by atoms with Gasteiger partial charge in [0.1, 0.15) is 4.90 Å². The van der Waals surface area contributed by atoms with E-state index in [0.717, 1.165) is 10.4 Å². The number of fused-ring (bicyclic) bond motifs is 1. The second-order valence-electron chi connectivity index (χ2n) is 6.19. The van der Waals surface area contributed by atoms with Crippen molar-refractivity contribution in [2.24, 2.45) is 0 Å². The summed E-state index contributed by atoms with van der Waals surface area (Å²) in [5.74, 6) is -0.453. The van der Waals surface area contributed by atoms with E-state index in [4.69, 9.17) is 5.26 Å². The number of carbonyl (C=O) groups is 1. The van der Waals surface area contributed by atoms with E-state index in [0.29, 0.717) is 11.3 Å². The largest absolute Gasteiger partial charge is 0.324 e. The van der Waals surface area contributed by atoms with Crippen molar-refractivity contribution in [1.82, 2.24) is 0 Å². The van der Waals surface area contributed by atoms with Gasteiger partial charge in [-0.05, 0) is 29.8 Å². The van der Waals surface area contributed by atoms with E-state index in [2.05, 4.69) is 11.4 Å². The molecule has 0 saturated carbocycles. The number of nitrogens with zero attached hydrogens (tertiary/aromatic N) is 1. The minimum Gasteiger partial charge on any atom is -0.324 e. The van der Waals surface area contributed by atoms with Crippen molar-refractivity contribution in [2.75, 3.05) is 5.32 Å². The molecule has 1 amide bonds. The maximum atomic E-state index is 13.0. The number of carbonyl (C=O) groups excluding carboxylic acids is 1. The molecule has 0 aliphatic carbocycles. The summed E-state index contributed by atoms with van der Waals surface area (Å²) in [6, 6.07) is 17.3. The fourth-order valence-corrected chi connectivity index (χ4v) is 6.12. The molecule has 5 nitrogen and oxygen atoms in total. The van der Waals surface area contributed by atoms with Crippen LogP contribution in [-0.2, 0) is 14.6 Å². The molecule has 2 aromatic carbocycles. The lowest BCUT2D eigenvalue weighted by molar-refractivity contribution is -0.116. The number of sulfone groups is 1. The maximum absolute atomic E-state index is 13.0. The number of anilines is 1. The highest BCUT2D eigenvalue weighted by Gasteiger charge is 2.34. The van der Waals surface area contributed by atoms with Gasteiger partial charge in [-0.1, -0.05) is 30.3 Å². The van der Waals surface area contributed by atoms with Crippen molar-refractivity contribution >= 4 is 32.8 Å². The van der Waals surface area contributed by atoms with Crippen molar-refractivity contribution in [3.05, 3.63) is 76.0 Å². The first-order valence-corrected chi connectivity index (χ1v) is 10.6. The fourth-order valence-electron chi connectivity index (χ4n) is 3.19. The predicted octanol–water partition coefficient (Wildman–Crippen LogP) is 3.93. The van der Waals surface area contributed by atoms with Crippen molar-refractivity contribution < 1.29 is 13.2 Å². The fraction of sp³-hybridized carbons (Fsp3) is 0.100. The second kappa shape index (κ2) is 6.65. The first-order valence-electron chi connectivity index (χ1n) is 8.22. The highest BCUT2D eigenvalue weighted by Crippen LogP contribution is 2.45. The number of nitrogens with one attached hydrogen (secondary N) is 1. The molecule has 0 spiro atoms. The molecular formula is C20H14N2O3S2. The molecule has 2 heterocycles. The number of thiophene rings is 1. The van der Waals surface area contributed by atoms with E-state index in [1.165, 1.54) is 11.3 Å². The molecule has 0 fully saturated rings. The summed E-state index contributed by atoms with van der Waals surface area (Å²) in [6.07, 6.45) is 0.240. The lowest BCUT2D eigenvalue weighted by atomic mass is 9.90. The highest BCUT2D eigenvalue weighted by molar-refractivity contribution is 7.91. The second-order valence-corrected chi connectivity index (χ2v) is 9.02. The van der Waals surface area contributed by atoms with Crippen molar-refractivity contribution in [3.63, 3.8) is 0 Å². The smallest absolute Gasteiger partial charge is 0.225 e. The number of nitriles is 1. The molecule has 1 aliphatic heterocycles. The topological polar surface area (TPSA) is 87.0 Å². The van der Waals surface area contributed by atoms with Gasteiger partial charge in [0.05, 0.1) is 22.2 Å². The molecule has 134 valence electrons. The van der Waals surface area contributed by atoms with Crippen LogP contribution in [0.2, 0.25) is 0 Å². The third-order valence-corrected chi connectivity index (χ3v) is 7.58. The Morgan fingerprint density at radius 1 is 1.07 bits per heavy atom. The van der Waals surface area contributed by atoms with Crippen LogP contribution in [0.5, 0.6) is 0 Å². The van der Waals surface area contributed by atoms with Gasteiger partial charge in [-0.25, -0.2) is 8.42 Å². The first kappa shape index (κ1) is 17.5. The van der Waals surface area contributed by atoms with Crippen LogP contribution in [0.4, 0.5) is 5.69 Å². The van der Waals surface area contributed by atoms with Crippen LogP contribution < -0.4 is 5.32 Å². The zero-order chi connectivity index (χ0) is 19.0. The Balaban J connectivity index is 1.81. The molecular weight excluding hydrogens is 380 g/mol. The van der Waals surface area contributed by atoms with Gasteiger partial charge in [-0.2, -0.15) is 5.26 Å². The SMILES string of the molecule is N#Cc1ccc(C2CC(=O)Nc3c(S(=O)(=O)c4ccccc4)csc32)cc1. The molecule has 4 rings (SSSR count). The summed E-state index contributed by atoms with van der Waals surface area (Å²) in [6.45, 7) is 0. The van der Waals surface area contributed by atoms with Crippen molar-refractivity contribution in [1.29, 1.82) is 5.26 Å². The third kappa shape index (κ3) is 3.03. The highest BCUT2D eigenvalue weighted by atomic mass is 32.2. The van der Waals surface area contributed by atoms with Crippen LogP contribution in [0.15, 0.2) is 69.8 Å². The Morgan fingerprint density at radius 3 is 2.44 bits per heavy atom. The first-order chi connectivity index (χ1) is 13.0. The van der Waals surface area contributed by atoms with E-state index in [-0.39, 0.29) is 28.0 Å². The lowest BCUT2D eigenvalue weighted by Crippen LogP contribution is -2.23. The molecule has 27 heavy (non-hydrogen) atoms. The van der Waals surface area contributed by atoms with Gasteiger partial charge in [0.15, 0.2) is 0 Å². The molecule has 0 bridgehead atoms. The van der Waals surface area contributed by atoms with Gasteiger partial charge in [0.25, 0.3) is 0 Å². The molecule has 1 aromatic heterocycles. The molecule has 1 atom stereocenters. The minimum atomic E-state index is -3.72. The average Bonchev–Trinajstić information content (AvgIpc) is 3.12. The van der Waals surface area contributed by atoms with Crippen molar-refractivity contribution in [3.8, 4) is 6.07 Å². The van der Waals surface area contributed by atoms with Crippen molar-refractivity contribution in [2.45, 2.75) is 22.1 Å². The summed E-state index contributed by atoms with van der Waals surface area (Å²) < 4.78 is 26.0. The van der Waals surface area contributed by atoms with Crippen LogP contribution in [0.25, 0.3) is 0 Å². The quantitative estimate of drug-likeness (QED) is 0.729. The van der Waals surface area contributed by atoms with Gasteiger partial charge in [0.2, 0.25) is 15.7 Å². The van der Waals surface area contributed by atoms with Gasteiger partial charge >= 0.3 is 0 Å². The summed E-state index contributed by atoms with van der Waals surface area (Å²) in [5.41, 5.74) is 1.79. The van der Waals surface area contributed by atoms with E-state index in [1.54, 1.807) is 47.8 Å². The Morgan fingerprint density at radius 2 is 1.78 bits per heavy atom. The summed E-state index contributed by atoms with van der Waals surface area (Å²) in [7, 11) is -3.72. The summed E-state index contributed by atoms with van der Waals surface area (Å²) in [5, 5.41) is 13.3. The number of rotatable bonds is 3. The van der Waals surface area contributed by atoms with E-state index in [1.807, 2.05) is 12.1 Å². The van der Waals surface area contributed by atoms with Gasteiger partial charge in [0, 0.05) is 22.6 Å². The standard InChI is InChI=1S/C20H14N2O3S2/c21-11-13-6-8-14(9-7-13)16-10-18(23)22-19-17(12-26-20(16)19)27(24,25)15-4-2-1-3-5-15/h1-9,12,16H,10H2,(H,22,23). The normalized spacial score (nSPS) is 16.3. The maximum Gasteiger partial charge on any atom is 0.225 e. The number of hydrogen-bond donors (Lipinski definition) is 1. The zero-order valence-electron chi connectivity index (χ0n) is 14.0. The number of hydrogen-bond acceptors (Lipinski definition) is 5. The average molecular weight is 394 g/mol. The van der Waals surface area contributed by atoms with Gasteiger partial charge in [-0.3, -0.25) is 4.79 Å². The van der Waals surface area contributed by atoms with Crippen LogP contribution >= 0.6 is 11.3 Å².